The van der Waals surface area contributed by atoms with Gasteiger partial charge in [-0.15, -0.1) is 0 Å². The molecule has 1 atom stereocenters. The Morgan fingerprint density at radius 1 is 1.33 bits per heavy atom. The number of quaternary nitrogens is 1. The fourth-order valence-electron chi connectivity index (χ4n) is 2.46. The number of aliphatic imine (C=N–C) groups is 1. The molecule has 0 radical (unpaired) electrons. The van der Waals surface area contributed by atoms with Crippen LogP contribution in [0.1, 0.15) is 13.8 Å². The normalized spacial score (nSPS) is 20.6. The first-order valence-corrected chi connectivity index (χ1v) is 9.38. The smallest absolute Gasteiger partial charge is 0.281 e. The maximum absolute atomic E-state index is 9.81. The van der Waals surface area contributed by atoms with Crippen LogP contribution >= 0.6 is 47.2 Å². The van der Waals surface area contributed by atoms with Crippen LogP contribution in [0.25, 0.3) is 0 Å². The second-order valence-electron chi connectivity index (χ2n) is 5.80. The van der Waals surface area contributed by atoms with Gasteiger partial charge >= 0.3 is 0 Å². The van der Waals surface area contributed by atoms with Gasteiger partial charge in [0.15, 0.2) is 0 Å². The molecular weight excluding hydrogens is 385 g/mol. The van der Waals surface area contributed by atoms with Crippen molar-refractivity contribution in [2.75, 3.05) is 20.7 Å². The summed E-state index contributed by atoms with van der Waals surface area (Å²) >= 11 is 19.3. The number of rotatable bonds is 4. The molecule has 0 saturated carbocycles. The van der Waals surface area contributed by atoms with Crippen LogP contribution in [0.3, 0.4) is 0 Å². The minimum atomic E-state index is -0.172. The number of benzene rings is 1. The van der Waals surface area contributed by atoms with Crippen molar-refractivity contribution >= 4 is 58.1 Å². The Balaban J connectivity index is 2.56. The van der Waals surface area contributed by atoms with E-state index in [1.807, 2.05) is 19.2 Å². The number of amidine groups is 1. The summed E-state index contributed by atoms with van der Waals surface area (Å²) in [6, 6.07) is 5.40. The molecule has 1 heterocycles. The summed E-state index contributed by atoms with van der Waals surface area (Å²) in [4.78, 5) is 5.56. The van der Waals surface area contributed by atoms with Gasteiger partial charge in [0, 0.05) is 40.1 Å². The molecule has 2 N–H and O–H groups in total. The van der Waals surface area contributed by atoms with Crippen molar-refractivity contribution in [1.82, 2.24) is 5.32 Å². The zero-order valence-electron chi connectivity index (χ0n) is 13.9. The van der Waals surface area contributed by atoms with Gasteiger partial charge in [-0.25, -0.2) is 0 Å². The van der Waals surface area contributed by atoms with E-state index in [1.165, 1.54) is 11.8 Å². The highest BCUT2D eigenvalue weighted by molar-refractivity contribution is 8.03. The van der Waals surface area contributed by atoms with Gasteiger partial charge in [0.25, 0.3) is 5.11 Å². The van der Waals surface area contributed by atoms with E-state index in [-0.39, 0.29) is 17.0 Å². The minimum Gasteiger partial charge on any atom is -0.384 e. The molecule has 0 aromatic heterocycles. The van der Waals surface area contributed by atoms with Gasteiger partial charge in [0.05, 0.1) is 7.05 Å². The van der Waals surface area contributed by atoms with Crippen LogP contribution in [0.15, 0.2) is 38.8 Å². The Bertz CT molecular complexity index is 714. The first-order valence-electron chi connectivity index (χ1n) is 7.40. The zero-order chi connectivity index (χ0) is 18.1. The molecule has 0 saturated heterocycles. The highest BCUT2D eigenvalue weighted by Crippen LogP contribution is 2.43. The van der Waals surface area contributed by atoms with E-state index in [9.17, 15) is 5.11 Å². The summed E-state index contributed by atoms with van der Waals surface area (Å²) in [5.74, 6) is 0.775. The molecule has 1 aliphatic heterocycles. The van der Waals surface area contributed by atoms with Gasteiger partial charge in [0.1, 0.15) is 12.3 Å². The lowest BCUT2D eigenvalue weighted by Crippen LogP contribution is -2.55. The summed E-state index contributed by atoms with van der Waals surface area (Å²) in [6.07, 6.45) is 0. The quantitative estimate of drug-likeness (QED) is 0.580. The SMILES string of the molecule is CNC(=S)[N+]1(C)C(CO)=NC(C(C)C)=C1Sc1cc(Cl)cc(Cl)c1. The highest BCUT2D eigenvalue weighted by Gasteiger charge is 2.47. The number of allylic oxidation sites excluding steroid dienone is 1. The standard InChI is InChI=1S/C16H19Cl2N3OS2/c1-9(2)14-15(24-12-6-10(17)5-11(18)7-12)21(4,16(23)19-3)13(8-22)20-14/h5-7,9,22H,8H2,1-4H3/p+1. The van der Waals surface area contributed by atoms with E-state index in [0.717, 1.165) is 15.6 Å². The number of nitrogens with zero attached hydrogens (tertiary/aromatic N) is 2. The van der Waals surface area contributed by atoms with E-state index in [4.69, 9.17) is 35.4 Å². The van der Waals surface area contributed by atoms with Gasteiger partial charge in [-0.05, 0) is 30.0 Å². The third kappa shape index (κ3) is 3.64. The van der Waals surface area contributed by atoms with Crippen LogP contribution in [0.2, 0.25) is 10.0 Å². The average molecular weight is 405 g/mol. The van der Waals surface area contributed by atoms with E-state index in [0.29, 0.717) is 21.0 Å². The van der Waals surface area contributed by atoms with Crippen LogP contribution in [0.4, 0.5) is 0 Å². The largest absolute Gasteiger partial charge is 0.384 e. The van der Waals surface area contributed by atoms with Crippen LogP contribution in [-0.4, -0.2) is 41.2 Å². The maximum atomic E-state index is 9.81. The number of hydrogen-bond acceptors (Lipinski definition) is 4. The van der Waals surface area contributed by atoms with Crippen molar-refractivity contribution in [2.45, 2.75) is 18.7 Å². The Morgan fingerprint density at radius 2 is 1.92 bits per heavy atom. The first kappa shape index (κ1) is 19.7. The Labute approximate surface area is 162 Å². The molecule has 2 rings (SSSR count). The van der Waals surface area contributed by atoms with Gasteiger partial charge in [-0.2, -0.15) is 9.48 Å². The molecule has 0 spiro atoms. The predicted octanol–water partition coefficient (Wildman–Crippen LogP) is 4.27. The lowest BCUT2D eigenvalue weighted by atomic mass is 10.1. The van der Waals surface area contributed by atoms with Crippen molar-refractivity contribution in [3.63, 3.8) is 0 Å². The Hall–Kier alpha value is -0.630. The van der Waals surface area contributed by atoms with E-state index in [1.54, 1.807) is 13.1 Å². The van der Waals surface area contributed by atoms with Gasteiger partial charge in [0.2, 0.25) is 10.9 Å². The Morgan fingerprint density at radius 3 is 2.38 bits per heavy atom. The number of nitrogens with one attached hydrogen (secondary N) is 1. The summed E-state index contributed by atoms with van der Waals surface area (Å²) in [6.45, 7) is 3.96. The van der Waals surface area contributed by atoms with Crippen molar-refractivity contribution in [3.8, 4) is 0 Å². The molecule has 1 aromatic rings. The molecule has 1 aromatic carbocycles. The van der Waals surface area contributed by atoms with Gasteiger partial charge < -0.3 is 10.4 Å². The van der Waals surface area contributed by atoms with Crippen LogP contribution in [0.5, 0.6) is 0 Å². The molecule has 24 heavy (non-hydrogen) atoms. The molecule has 130 valence electrons. The van der Waals surface area contributed by atoms with Crippen molar-refractivity contribution in [1.29, 1.82) is 0 Å². The molecule has 0 aliphatic carbocycles. The highest BCUT2D eigenvalue weighted by atomic mass is 35.5. The van der Waals surface area contributed by atoms with Crippen molar-refractivity contribution < 1.29 is 9.59 Å². The number of likely N-dealkylation sites (N-methyl/N-ethyl adjacent to an activating group) is 1. The zero-order valence-corrected chi connectivity index (χ0v) is 17.1. The molecule has 4 nitrogen and oxygen atoms in total. The minimum absolute atomic E-state index is 0.157. The molecule has 1 aliphatic rings. The number of thioether (sulfide) groups is 1. The third-order valence-electron chi connectivity index (χ3n) is 3.75. The fraction of sp³-hybridized carbons (Fsp3) is 0.375. The second-order valence-corrected chi connectivity index (χ2v) is 8.12. The monoisotopic (exact) mass is 404 g/mol. The summed E-state index contributed by atoms with van der Waals surface area (Å²) < 4.78 is 0.157. The molecule has 1 unspecified atom stereocenters. The van der Waals surface area contributed by atoms with Crippen LogP contribution in [-0.2, 0) is 0 Å². The van der Waals surface area contributed by atoms with Crippen molar-refractivity contribution in [2.24, 2.45) is 10.9 Å². The van der Waals surface area contributed by atoms with Gasteiger partial charge in [-0.1, -0.05) is 37.0 Å². The van der Waals surface area contributed by atoms with Crippen LogP contribution < -0.4 is 5.32 Å². The van der Waals surface area contributed by atoms with E-state index < -0.39 is 0 Å². The number of thiocarbonyl (C=S) groups is 1. The molecule has 0 bridgehead atoms. The maximum Gasteiger partial charge on any atom is 0.281 e. The molecule has 8 heteroatoms. The van der Waals surface area contributed by atoms with Crippen molar-refractivity contribution in [3.05, 3.63) is 39.0 Å². The lowest BCUT2D eigenvalue weighted by molar-refractivity contribution is -0.668. The average Bonchev–Trinajstić information content (AvgIpc) is 2.79. The Kier molecular flexibility index (Phi) is 6.34. The number of aliphatic hydroxyl groups is 1. The van der Waals surface area contributed by atoms with Gasteiger partial charge in [-0.3, -0.25) is 0 Å². The number of halogens is 2. The fourth-order valence-corrected chi connectivity index (χ4v) is 4.73. The van der Waals surface area contributed by atoms with E-state index in [2.05, 4.69) is 24.2 Å². The summed E-state index contributed by atoms with van der Waals surface area (Å²) in [5.41, 5.74) is 0.903. The third-order valence-corrected chi connectivity index (χ3v) is 5.99. The lowest BCUT2D eigenvalue weighted by Gasteiger charge is -2.30. The number of aliphatic hydroxyl groups excluding tert-OH is 1. The predicted molar refractivity (Wildman–Crippen MR) is 107 cm³/mol. The first-order chi connectivity index (χ1) is 11.2. The van der Waals surface area contributed by atoms with Crippen LogP contribution in [0, 0.1) is 5.92 Å². The summed E-state index contributed by atoms with van der Waals surface area (Å²) in [7, 11) is 3.70. The number of hydrogen-bond donors (Lipinski definition) is 2. The molecular formula is C16H20Cl2N3OS2+. The second kappa shape index (κ2) is 7.72. The molecule has 0 amide bonds. The summed E-state index contributed by atoms with van der Waals surface area (Å²) in [5, 5.41) is 15.5. The van der Waals surface area contributed by atoms with E-state index >= 15 is 0 Å². The topological polar surface area (TPSA) is 44.6 Å². The molecule has 0 fully saturated rings.